The van der Waals surface area contributed by atoms with Gasteiger partial charge in [0.1, 0.15) is 0 Å². The van der Waals surface area contributed by atoms with Crippen molar-refractivity contribution in [1.29, 1.82) is 0 Å². The third-order valence-corrected chi connectivity index (χ3v) is 6.07. The van der Waals surface area contributed by atoms with E-state index in [0.29, 0.717) is 24.6 Å². The van der Waals surface area contributed by atoms with E-state index in [9.17, 15) is 8.42 Å². The molecular formula is C16H21N3O3S. The SMILES string of the molecule is Cc1nc(C2(NS(=O)(=O)c3ccc(C)c(C)c3)CCCC2)no1. The molecule has 124 valence electrons. The molecule has 1 fully saturated rings. The molecule has 0 spiro atoms. The smallest absolute Gasteiger partial charge is 0.241 e. The molecule has 0 radical (unpaired) electrons. The van der Waals surface area contributed by atoms with Crippen molar-refractivity contribution in [2.24, 2.45) is 0 Å². The van der Waals surface area contributed by atoms with Crippen molar-refractivity contribution in [2.45, 2.75) is 56.9 Å². The zero-order valence-corrected chi connectivity index (χ0v) is 14.4. The molecule has 0 aliphatic heterocycles. The van der Waals surface area contributed by atoms with Crippen LogP contribution in [0.15, 0.2) is 27.6 Å². The van der Waals surface area contributed by atoms with Crippen LogP contribution in [-0.4, -0.2) is 18.6 Å². The topological polar surface area (TPSA) is 85.1 Å². The molecule has 0 unspecified atom stereocenters. The second-order valence-electron chi connectivity index (χ2n) is 6.28. The molecule has 1 heterocycles. The van der Waals surface area contributed by atoms with Crippen LogP contribution in [0.1, 0.15) is 48.5 Å². The number of aromatic nitrogens is 2. The van der Waals surface area contributed by atoms with Crippen molar-refractivity contribution in [3.63, 3.8) is 0 Å². The van der Waals surface area contributed by atoms with Crippen LogP contribution in [0, 0.1) is 20.8 Å². The van der Waals surface area contributed by atoms with E-state index < -0.39 is 15.6 Å². The Morgan fingerprint density at radius 2 is 1.83 bits per heavy atom. The van der Waals surface area contributed by atoms with Gasteiger partial charge in [-0.05, 0) is 49.9 Å². The summed E-state index contributed by atoms with van der Waals surface area (Å²) in [6.45, 7) is 5.57. The molecule has 0 amide bonds. The summed E-state index contributed by atoms with van der Waals surface area (Å²) < 4.78 is 33.6. The van der Waals surface area contributed by atoms with Crippen LogP contribution in [0.3, 0.4) is 0 Å². The summed E-state index contributed by atoms with van der Waals surface area (Å²) in [4.78, 5) is 4.54. The van der Waals surface area contributed by atoms with Crippen molar-refractivity contribution in [3.8, 4) is 0 Å². The lowest BCUT2D eigenvalue weighted by Gasteiger charge is -2.26. The molecular weight excluding hydrogens is 314 g/mol. The molecule has 1 aliphatic carbocycles. The summed E-state index contributed by atoms with van der Waals surface area (Å²) in [6, 6.07) is 5.15. The first-order chi connectivity index (χ1) is 10.8. The van der Waals surface area contributed by atoms with Crippen molar-refractivity contribution >= 4 is 10.0 Å². The number of aryl methyl sites for hydroxylation is 3. The molecule has 7 heteroatoms. The van der Waals surface area contributed by atoms with Crippen LogP contribution >= 0.6 is 0 Å². The molecule has 1 aliphatic rings. The normalized spacial score (nSPS) is 17.5. The highest BCUT2D eigenvalue weighted by atomic mass is 32.2. The fraction of sp³-hybridized carbons (Fsp3) is 0.500. The van der Waals surface area contributed by atoms with E-state index in [1.54, 1.807) is 19.1 Å². The molecule has 2 aromatic rings. The van der Waals surface area contributed by atoms with Gasteiger partial charge in [-0.2, -0.15) is 9.71 Å². The van der Waals surface area contributed by atoms with Gasteiger partial charge in [0.25, 0.3) is 0 Å². The van der Waals surface area contributed by atoms with E-state index in [-0.39, 0.29) is 4.90 Å². The molecule has 1 saturated carbocycles. The third-order valence-electron chi connectivity index (χ3n) is 4.53. The Morgan fingerprint density at radius 1 is 1.13 bits per heavy atom. The fourth-order valence-electron chi connectivity index (χ4n) is 3.04. The predicted molar refractivity (Wildman–Crippen MR) is 85.4 cm³/mol. The number of hydrogen-bond donors (Lipinski definition) is 1. The first-order valence-electron chi connectivity index (χ1n) is 7.74. The number of sulfonamides is 1. The number of benzene rings is 1. The highest BCUT2D eigenvalue weighted by molar-refractivity contribution is 7.89. The highest BCUT2D eigenvalue weighted by Crippen LogP contribution is 2.38. The summed E-state index contributed by atoms with van der Waals surface area (Å²) in [6.07, 6.45) is 3.22. The average molecular weight is 335 g/mol. The second-order valence-corrected chi connectivity index (χ2v) is 7.96. The lowest BCUT2D eigenvalue weighted by molar-refractivity contribution is 0.338. The number of hydrogen-bond acceptors (Lipinski definition) is 5. The Kier molecular flexibility index (Phi) is 4.01. The van der Waals surface area contributed by atoms with E-state index in [1.165, 1.54) is 0 Å². The largest absolute Gasteiger partial charge is 0.340 e. The number of nitrogens with one attached hydrogen (secondary N) is 1. The number of rotatable bonds is 4. The number of nitrogens with zero attached hydrogens (tertiary/aromatic N) is 2. The van der Waals surface area contributed by atoms with E-state index in [2.05, 4.69) is 14.9 Å². The second kappa shape index (κ2) is 5.72. The van der Waals surface area contributed by atoms with Crippen LogP contribution in [0.2, 0.25) is 0 Å². The molecule has 3 rings (SSSR count). The van der Waals surface area contributed by atoms with Gasteiger partial charge < -0.3 is 4.52 Å². The molecule has 1 aromatic heterocycles. The highest BCUT2D eigenvalue weighted by Gasteiger charge is 2.43. The molecule has 0 bridgehead atoms. The zero-order valence-electron chi connectivity index (χ0n) is 13.6. The van der Waals surface area contributed by atoms with E-state index in [0.717, 1.165) is 24.0 Å². The van der Waals surface area contributed by atoms with Gasteiger partial charge >= 0.3 is 0 Å². The van der Waals surface area contributed by atoms with Crippen LogP contribution in [0.5, 0.6) is 0 Å². The summed E-state index contributed by atoms with van der Waals surface area (Å²) in [5, 5.41) is 3.97. The van der Waals surface area contributed by atoms with Gasteiger partial charge in [0.2, 0.25) is 15.9 Å². The Balaban J connectivity index is 1.98. The monoisotopic (exact) mass is 335 g/mol. The summed E-state index contributed by atoms with van der Waals surface area (Å²) in [7, 11) is -3.65. The quantitative estimate of drug-likeness (QED) is 0.928. The maximum absolute atomic E-state index is 12.8. The zero-order chi connectivity index (χ0) is 16.7. The Bertz CT molecular complexity index is 821. The van der Waals surface area contributed by atoms with Gasteiger partial charge in [-0.1, -0.05) is 24.1 Å². The predicted octanol–water partition coefficient (Wildman–Crippen LogP) is 2.74. The van der Waals surface area contributed by atoms with Gasteiger partial charge in [-0.3, -0.25) is 0 Å². The summed E-state index contributed by atoms with van der Waals surface area (Å²) >= 11 is 0. The summed E-state index contributed by atoms with van der Waals surface area (Å²) in [5.41, 5.74) is 1.24. The van der Waals surface area contributed by atoms with E-state index >= 15 is 0 Å². The maximum atomic E-state index is 12.8. The van der Waals surface area contributed by atoms with Crippen LogP contribution < -0.4 is 4.72 Å². The molecule has 6 nitrogen and oxygen atoms in total. The minimum atomic E-state index is -3.65. The van der Waals surface area contributed by atoms with Crippen molar-refractivity contribution in [1.82, 2.24) is 14.9 Å². The van der Waals surface area contributed by atoms with Gasteiger partial charge in [0.05, 0.1) is 10.4 Å². The van der Waals surface area contributed by atoms with Crippen LogP contribution in [-0.2, 0) is 15.6 Å². The lowest BCUT2D eigenvalue weighted by Crippen LogP contribution is -2.44. The van der Waals surface area contributed by atoms with Crippen LogP contribution in [0.25, 0.3) is 0 Å². The van der Waals surface area contributed by atoms with Gasteiger partial charge in [0.15, 0.2) is 5.82 Å². The maximum Gasteiger partial charge on any atom is 0.241 e. The first-order valence-corrected chi connectivity index (χ1v) is 9.23. The van der Waals surface area contributed by atoms with E-state index in [1.807, 2.05) is 19.9 Å². The molecule has 0 saturated heterocycles. The van der Waals surface area contributed by atoms with Gasteiger partial charge in [-0.25, -0.2) is 8.42 Å². The molecule has 23 heavy (non-hydrogen) atoms. The van der Waals surface area contributed by atoms with Crippen molar-refractivity contribution in [3.05, 3.63) is 41.0 Å². The molecule has 0 atom stereocenters. The summed E-state index contributed by atoms with van der Waals surface area (Å²) in [5.74, 6) is 0.872. The first kappa shape index (κ1) is 16.1. The van der Waals surface area contributed by atoms with Gasteiger partial charge in [-0.15, -0.1) is 0 Å². The fourth-order valence-corrected chi connectivity index (χ4v) is 4.55. The molecule has 1 aromatic carbocycles. The van der Waals surface area contributed by atoms with Crippen molar-refractivity contribution in [2.75, 3.05) is 0 Å². The molecule has 1 N–H and O–H groups in total. The minimum absolute atomic E-state index is 0.270. The van der Waals surface area contributed by atoms with Gasteiger partial charge in [0, 0.05) is 6.92 Å². The Hall–Kier alpha value is -1.73. The lowest BCUT2D eigenvalue weighted by atomic mass is 9.98. The Labute approximate surface area is 136 Å². The Morgan fingerprint density at radius 3 is 2.39 bits per heavy atom. The standard InChI is InChI=1S/C16H21N3O3S/c1-11-6-7-14(10-12(11)2)23(20,21)19-16(8-4-5-9-16)15-17-13(3)22-18-15/h6-7,10,19H,4-5,8-9H2,1-3H3. The minimum Gasteiger partial charge on any atom is -0.340 e. The van der Waals surface area contributed by atoms with Crippen LogP contribution in [0.4, 0.5) is 0 Å². The third kappa shape index (κ3) is 3.03. The average Bonchev–Trinajstić information content (AvgIpc) is 3.11. The van der Waals surface area contributed by atoms with Crippen molar-refractivity contribution < 1.29 is 12.9 Å². The van der Waals surface area contributed by atoms with E-state index in [4.69, 9.17) is 4.52 Å².